The van der Waals surface area contributed by atoms with Gasteiger partial charge in [0.15, 0.2) is 0 Å². The van der Waals surface area contributed by atoms with Crippen LogP contribution >= 0.6 is 0 Å². The smallest absolute Gasteiger partial charge is 0.207 e. The maximum atomic E-state index is 12.9. The molecule has 0 N–H and O–H groups in total. The Labute approximate surface area is 76.5 Å². The molecule has 0 bridgehead atoms. The first kappa shape index (κ1) is 10.6. The van der Waals surface area contributed by atoms with Crippen molar-refractivity contribution in [1.82, 2.24) is 0 Å². The summed E-state index contributed by atoms with van der Waals surface area (Å²) in [5.41, 5.74) is -1.87. The summed E-state index contributed by atoms with van der Waals surface area (Å²) < 4.78 is 49.6. The van der Waals surface area contributed by atoms with Crippen molar-refractivity contribution in [3.05, 3.63) is 40.1 Å². The number of halogens is 4. The van der Waals surface area contributed by atoms with Crippen LogP contribution in [0, 0.1) is 10.7 Å². The summed E-state index contributed by atoms with van der Waals surface area (Å²) in [6, 6.07) is 2.51. The fourth-order valence-electron chi connectivity index (χ4n) is 1.05. The van der Waals surface area contributed by atoms with Crippen LogP contribution in [0.15, 0.2) is 23.4 Å². The molecule has 0 amide bonds. The maximum absolute atomic E-state index is 12.9. The third-order valence-electron chi connectivity index (χ3n) is 1.65. The van der Waals surface area contributed by atoms with Crippen LogP contribution in [0.5, 0.6) is 0 Å². The minimum absolute atomic E-state index is 0.712. The topological polar surface area (TPSA) is 29.4 Å². The summed E-state index contributed by atoms with van der Waals surface area (Å²) in [5.74, 6) is -1.07. The van der Waals surface area contributed by atoms with Crippen LogP contribution < -0.4 is 0 Å². The van der Waals surface area contributed by atoms with E-state index in [0.29, 0.717) is 6.07 Å². The van der Waals surface area contributed by atoms with Gasteiger partial charge in [0.05, 0.1) is 5.56 Å². The van der Waals surface area contributed by atoms with Crippen molar-refractivity contribution in [2.45, 2.75) is 12.7 Å². The molecule has 0 saturated carbocycles. The van der Waals surface area contributed by atoms with Crippen molar-refractivity contribution >= 4 is 0 Å². The summed E-state index contributed by atoms with van der Waals surface area (Å²) in [6.45, 7) is -0.818. The molecule has 76 valence electrons. The molecule has 14 heavy (non-hydrogen) atoms. The van der Waals surface area contributed by atoms with Gasteiger partial charge in [-0.3, -0.25) is 0 Å². The van der Waals surface area contributed by atoms with Crippen molar-refractivity contribution in [2.75, 3.05) is 0 Å². The average molecular weight is 207 g/mol. The predicted molar refractivity (Wildman–Crippen MR) is 40.9 cm³/mol. The minimum atomic E-state index is -4.66. The predicted octanol–water partition coefficient (Wildman–Crippen LogP) is 3.11. The van der Waals surface area contributed by atoms with Gasteiger partial charge in [-0.25, -0.2) is 4.39 Å². The number of alkyl halides is 3. The highest BCUT2D eigenvalue weighted by atomic mass is 19.4. The summed E-state index contributed by atoms with van der Waals surface area (Å²) >= 11 is 0. The van der Waals surface area contributed by atoms with E-state index in [0.717, 1.165) is 12.1 Å². The Bertz CT molecular complexity index is 348. The molecule has 1 rings (SSSR count). The molecule has 0 aliphatic heterocycles. The van der Waals surface area contributed by atoms with E-state index in [4.69, 9.17) is 0 Å². The van der Waals surface area contributed by atoms with E-state index in [9.17, 15) is 22.5 Å². The molecule has 6 heteroatoms. The monoisotopic (exact) mass is 207 g/mol. The fourth-order valence-corrected chi connectivity index (χ4v) is 1.05. The lowest BCUT2D eigenvalue weighted by molar-refractivity contribution is -0.138. The highest BCUT2D eigenvalue weighted by Crippen LogP contribution is 2.33. The van der Waals surface area contributed by atoms with E-state index in [1.807, 2.05) is 0 Å². The Morgan fingerprint density at radius 1 is 1.29 bits per heavy atom. The lowest BCUT2D eigenvalue weighted by Gasteiger charge is -2.10. The third kappa shape index (κ3) is 2.07. The summed E-state index contributed by atoms with van der Waals surface area (Å²) in [6.07, 6.45) is -4.66. The number of rotatable bonds is 2. The molecule has 0 aliphatic carbocycles. The number of nitrogens with zero attached hydrogens (tertiary/aromatic N) is 1. The average Bonchev–Trinajstić information content (AvgIpc) is 2.07. The number of benzene rings is 1. The molecular weight excluding hydrogens is 202 g/mol. The number of hydrogen-bond acceptors (Lipinski definition) is 2. The molecule has 0 heterocycles. The van der Waals surface area contributed by atoms with Gasteiger partial charge >= 0.3 is 6.18 Å². The summed E-state index contributed by atoms with van der Waals surface area (Å²) in [4.78, 5) is 9.82. The Morgan fingerprint density at radius 3 is 2.43 bits per heavy atom. The van der Waals surface area contributed by atoms with Crippen LogP contribution in [0.3, 0.4) is 0 Å². The summed E-state index contributed by atoms with van der Waals surface area (Å²) in [5, 5.41) is 2.25. The van der Waals surface area contributed by atoms with Gasteiger partial charge in [0.2, 0.25) is 0 Å². The van der Waals surface area contributed by atoms with E-state index >= 15 is 0 Å². The second-order valence-electron chi connectivity index (χ2n) is 2.55. The van der Waals surface area contributed by atoms with E-state index in [1.165, 1.54) is 0 Å². The van der Waals surface area contributed by atoms with Gasteiger partial charge in [-0.2, -0.15) is 18.1 Å². The van der Waals surface area contributed by atoms with Gasteiger partial charge < -0.3 is 0 Å². The van der Waals surface area contributed by atoms with Crippen LogP contribution in [0.4, 0.5) is 17.6 Å². The molecule has 0 aliphatic rings. The minimum Gasteiger partial charge on any atom is -0.207 e. The molecule has 0 atom stereocenters. The third-order valence-corrected chi connectivity index (χ3v) is 1.65. The normalized spacial score (nSPS) is 11.4. The molecule has 0 spiro atoms. The van der Waals surface area contributed by atoms with Gasteiger partial charge in [0.25, 0.3) is 0 Å². The Balaban J connectivity index is 3.28. The largest absolute Gasteiger partial charge is 0.416 e. The standard InChI is InChI=1S/C8H5F4NO/c9-7-3-1-2-6(8(10,11)12)5(7)4-13-14/h1-3H,4H2. The zero-order valence-corrected chi connectivity index (χ0v) is 6.81. The van der Waals surface area contributed by atoms with Gasteiger partial charge in [0, 0.05) is 5.56 Å². The zero-order chi connectivity index (χ0) is 10.8. The van der Waals surface area contributed by atoms with Crippen molar-refractivity contribution in [3.8, 4) is 0 Å². The van der Waals surface area contributed by atoms with Gasteiger partial charge in [-0.05, 0) is 12.1 Å². The molecule has 1 aromatic carbocycles. The number of hydrogen-bond donors (Lipinski definition) is 0. The van der Waals surface area contributed by atoms with Crippen LogP contribution in [-0.2, 0) is 12.7 Å². The fraction of sp³-hybridized carbons (Fsp3) is 0.250. The van der Waals surface area contributed by atoms with Gasteiger partial charge in [-0.1, -0.05) is 11.2 Å². The zero-order valence-electron chi connectivity index (χ0n) is 6.81. The van der Waals surface area contributed by atoms with Crippen molar-refractivity contribution in [3.63, 3.8) is 0 Å². The Kier molecular flexibility index (Phi) is 2.83. The highest BCUT2D eigenvalue weighted by molar-refractivity contribution is 5.31. The molecule has 2 nitrogen and oxygen atoms in total. The second kappa shape index (κ2) is 3.73. The van der Waals surface area contributed by atoms with Crippen LogP contribution in [0.25, 0.3) is 0 Å². The van der Waals surface area contributed by atoms with Gasteiger partial charge in [0.1, 0.15) is 12.4 Å². The second-order valence-corrected chi connectivity index (χ2v) is 2.55. The molecule has 0 unspecified atom stereocenters. The molecule has 0 radical (unpaired) electrons. The van der Waals surface area contributed by atoms with E-state index in [2.05, 4.69) is 5.18 Å². The SMILES string of the molecule is O=NCc1c(F)cccc1C(F)(F)F. The number of nitroso groups, excluding NO2 is 1. The first-order valence-electron chi connectivity index (χ1n) is 3.60. The van der Waals surface area contributed by atoms with E-state index < -0.39 is 29.7 Å². The first-order valence-corrected chi connectivity index (χ1v) is 3.60. The van der Waals surface area contributed by atoms with Crippen molar-refractivity contribution in [1.29, 1.82) is 0 Å². The Morgan fingerprint density at radius 2 is 1.93 bits per heavy atom. The molecule has 0 fully saturated rings. The highest BCUT2D eigenvalue weighted by Gasteiger charge is 2.34. The quantitative estimate of drug-likeness (QED) is 0.541. The molecule has 0 aromatic heterocycles. The van der Waals surface area contributed by atoms with E-state index in [1.54, 1.807) is 0 Å². The Hall–Kier alpha value is -1.46. The molecule has 0 saturated heterocycles. The molecular formula is C8H5F4NO. The maximum Gasteiger partial charge on any atom is 0.416 e. The first-order chi connectivity index (χ1) is 6.46. The van der Waals surface area contributed by atoms with Crippen LogP contribution in [0.2, 0.25) is 0 Å². The summed E-state index contributed by atoms with van der Waals surface area (Å²) in [7, 11) is 0. The lowest BCUT2D eigenvalue weighted by Crippen LogP contribution is -2.10. The van der Waals surface area contributed by atoms with Crippen LogP contribution in [0.1, 0.15) is 11.1 Å². The van der Waals surface area contributed by atoms with Crippen molar-refractivity contribution < 1.29 is 17.6 Å². The molecule has 1 aromatic rings. The van der Waals surface area contributed by atoms with Gasteiger partial charge in [-0.15, -0.1) is 0 Å². The van der Waals surface area contributed by atoms with Crippen molar-refractivity contribution in [2.24, 2.45) is 5.18 Å². The van der Waals surface area contributed by atoms with Crippen LogP contribution in [-0.4, -0.2) is 0 Å². The lowest BCUT2D eigenvalue weighted by atomic mass is 10.1. The van der Waals surface area contributed by atoms with E-state index in [-0.39, 0.29) is 0 Å².